The van der Waals surface area contributed by atoms with Crippen LogP contribution in [0.25, 0.3) is 0 Å². The van der Waals surface area contributed by atoms with Crippen molar-refractivity contribution in [3.8, 4) is 0 Å². The first-order valence-electron chi connectivity index (χ1n) is 9.35. The minimum Gasteiger partial charge on any atom is -0.466 e. The highest BCUT2D eigenvalue weighted by atomic mass is 32.2. The topological polar surface area (TPSA) is 104 Å². The van der Waals surface area contributed by atoms with Crippen molar-refractivity contribution in [2.45, 2.75) is 31.6 Å². The van der Waals surface area contributed by atoms with Crippen LogP contribution in [0.3, 0.4) is 0 Å². The minimum absolute atomic E-state index is 0.0496. The molecule has 1 aromatic heterocycles. The van der Waals surface area contributed by atoms with Crippen LogP contribution in [0.5, 0.6) is 0 Å². The van der Waals surface area contributed by atoms with E-state index < -0.39 is 15.4 Å². The van der Waals surface area contributed by atoms with Gasteiger partial charge in [-0.1, -0.05) is 30.3 Å². The fraction of sp³-hybridized carbons (Fsp3) is 0.450. The number of hydrogen-bond donors (Lipinski definition) is 3. The van der Waals surface area contributed by atoms with Crippen LogP contribution in [0.1, 0.15) is 31.6 Å². The molecule has 154 valence electrons. The summed E-state index contributed by atoms with van der Waals surface area (Å²) in [4.78, 5) is 4.38. The van der Waals surface area contributed by atoms with Gasteiger partial charge in [-0.05, 0) is 38.0 Å². The largest absolute Gasteiger partial charge is 0.466 e. The molecule has 1 aromatic carbocycles. The summed E-state index contributed by atoms with van der Waals surface area (Å²) in [5.74, 6) is 1.11. The monoisotopic (exact) mass is 407 g/mol. The third kappa shape index (κ3) is 7.36. The summed E-state index contributed by atoms with van der Waals surface area (Å²) in [6, 6.07) is 12.6. The molecule has 0 bridgehead atoms. The standard InChI is InChI=1S/C20H29N3O4S/c1-3-21-19(23-16-20(2,24)18-11-7-13-27-18)22-12-8-14-28(25,26)15-17-9-5-4-6-10-17/h4-7,9-11,13,24H,3,8,12,14-16H2,1-2H3,(H2,21,22,23). The molecular formula is C20H29N3O4S. The number of aliphatic hydroxyl groups is 1. The molecule has 0 saturated carbocycles. The normalized spacial score (nSPS) is 14.5. The van der Waals surface area contributed by atoms with Gasteiger partial charge in [0.15, 0.2) is 15.8 Å². The lowest BCUT2D eigenvalue weighted by atomic mass is 10.0. The molecule has 8 heteroatoms. The zero-order chi connectivity index (χ0) is 20.5. The first kappa shape index (κ1) is 22.0. The minimum atomic E-state index is -3.16. The number of guanidine groups is 1. The van der Waals surface area contributed by atoms with Crippen LogP contribution in [0.4, 0.5) is 0 Å². The van der Waals surface area contributed by atoms with Gasteiger partial charge in [0.1, 0.15) is 11.4 Å². The molecule has 0 radical (unpaired) electrons. The second-order valence-electron chi connectivity index (χ2n) is 6.80. The molecule has 0 aliphatic heterocycles. The Morgan fingerprint density at radius 2 is 1.93 bits per heavy atom. The van der Waals surface area contributed by atoms with E-state index in [0.717, 1.165) is 5.56 Å². The summed E-state index contributed by atoms with van der Waals surface area (Å²) < 4.78 is 29.7. The zero-order valence-electron chi connectivity index (χ0n) is 16.4. The first-order chi connectivity index (χ1) is 13.3. The van der Waals surface area contributed by atoms with Crippen molar-refractivity contribution in [3.63, 3.8) is 0 Å². The molecule has 1 heterocycles. The lowest BCUT2D eigenvalue weighted by molar-refractivity contribution is 0.0437. The Labute approximate surface area is 166 Å². The quantitative estimate of drug-likeness (QED) is 0.316. The molecule has 2 rings (SSSR count). The molecule has 3 N–H and O–H groups in total. The van der Waals surface area contributed by atoms with Crippen LogP contribution in [0.15, 0.2) is 58.1 Å². The smallest absolute Gasteiger partial charge is 0.191 e. The highest BCUT2D eigenvalue weighted by molar-refractivity contribution is 7.90. The Bertz CT molecular complexity index is 832. The number of rotatable bonds is 10. The fourth-order valence-electron chi connectivity index (χ4n) is 2.64. The van der Waals surface area contributed by atoms with Crippen LogP contribution in [-0.4, -0.2) is 44.9 Å². The van der Waals surface area contributed by atoms with Gasteiger partial charge in [-0.3, -0.25) is 0 Å². The SMILES string of the molecule is CCNC(=NCC(C)(O)c1ccco1)NCCCS(=O)(=O)Cc1ccccc1. The van der Waals surface area contributed by atoms with Crippen molar-refractivity contribution in [1.29, 1.82) is 0 Å². The predicted molar refractivity (Wildman–Crippen MR) is 111 cm³/mol. The van der Waals surface area contributed by atoms with Crippen LogP contribution < -0.4 is 10.6 Å². The van der Waals surface area contributed by atoms with Crippen molar-refractivity contribution >= 4 is 15.8 Å². The summed E-state index contributed by atoms with van der Waals surface area (Å²) in [5.41, 5.74) is -0.421. The van der Waals surface area contributed by atoms with Crippen LogP contribution in [-0.2, 0) is 21.2 Å². The lowest BCUT2D eigenvalue weighted by Crippen LogP contribution is -2.39. The molecule has 1 atom stereocenters. The Balaban J connectivity index is 1.82. The highest BCUT2D eigenvalue weighted by Gasteiger charge is 2.26. The molecule has 0 aliphatic carbocycles. The maximum atomic E-state index is 12.2. The predicted octanol–water partition coefficient (Wildman–Crippen LogP) is 2.05. The van der Waals surface area contributed by atoms with Crippen molar-refractivity contribution in [1.82, 2.24) is 10.6 Å². The molecule has 0 saturated heterocycles. The zero-order valence-corrected chi connectivity index (χ0v) is 17.2. The summed E-state index contributed by atoms with van der Waals surface area (Å²) in [7, 11) is -3.16. The van der Waals surface area contributed by atoms with Gasteiger partial charge in [0.05, 0.1) is 24.3 Å². The van der Waals surface area contributed by atoms with E-state index in [1.807, 2.05) is 37.3 Å². The van der Waals surface area contributed by atoms with E-state index in [0.29, 0.717) is 31.2 Å². The van der Waals surface area contributed by atoms with Gasteiger partial charge in [-0.25, -0.2) is 13.4 Å². The van der Waals surface area contributed by atoms with Crippen LogP contribution in [0.2, 0.25) is 0 Å². The number of aliphatic imine (C=N–C) groups is 1. The van der Waals surface area contributed by atoms with E-state index in [2.05, 4.69) is 15.6 Å². The van der Waals surface area contributed by atoms with E-state index in [-0.39, 0.29) is 18.1 Å². The molecule has 28 heavy (non-hydrogen) atoms. The van der Waals surface area contributed by atoms with Crippen molar-refractivity contribution in [2.75, 3.05) is 25.4 Å². The number of hydrogen-bond acceptors (Lipinski definition) is 5. The molecule has 1 unspecified atom stereocenters. The summed E-state index contributed by atoms with van der Waals surface area (Å²) in [6.07, 6.45) is 1.97. The first-order valence-corrected chi connectivity index (χ1v) is 11.2. The molecule has 0 fully saturated rings. The molecule has 2 aromatic rings. The molecule has 0 amide bonds. The summed E-state index contributed by atoms with van der Waals surface area (Å²) in [5, 5.41) is 16.7. The van der Waals surface area contributed by atoms with Gasteiger partial charge in [0, 0.05) is 13.1 Å². The Hall–Kier alpha value is -2.32. The molecule has 0 aliphatic rings. The third-order valence-corrected chi connectivity index (χ3v) is 5.78. The fourth-order valence-corrected chi connectivity index (χ4v) is 4.07. The van der Waals surface area contributed by atoms with E-state index in [1.165, 1.54) is 6.26 Å². The average Bonchev–Trinajstić information content (AvgIpc) is 3.19. The van der Waals surface area contributed by atoms with Gasteiger partial charge < -0.3 is 20.2 Å². The van der Waals surface area contributed by atoms with Gasteiger partial charge in [0.25, 0.3) is 0 Å². The Morgan fingerprint density at radius 3 is 2.57 bits per heavy atom. The maximum absolute atomic E-state index is 12.2. The van der Waals surface area contributed by atoms with Crippen LogP contribution in [0, 0.1) is 0 Å². The highest BCUT2D eigenvalue weighted by Crippen LogP contribution is 2.21. The van der Waals surface area contributed by atoms with Gasteiger partial charge >= 0.3 is 0 Å². The van der Waals surface area contributed by atoms with E-state index >= 15 is 0 Å². The van der Waals surface area contributed by atoms with Crippen LogP contribution >= 0.6 is 0 Å². The van der Waals surface area contributed by atoms with E-state index in [9.17, 15) is 13.5 Å². The van der Waals surface area contributed by atoms with E-state index in [4.69, 9.17) is 4.42 Å². The molecule has 0 spiro atoms. The second-order valence-corrected chi connectivity index (χ2v) is 8.99. The number of nitrogens with one attached hydrogen (secondary N) is 2. The second kappa shape index (κ2) is 10.3. The van der Waals surface area contributed by atoms with Gasteiger partial charge in [0.2, 0.25) is 0 Å². The maximum Gasteiger partial charge on any atom is 0.191 e. The van der Waals surface area contributed by atoms with Crippen molar-refractivity contribution in [2.24, 2.45) is 4.99 Å². The Morgan fingerprint density at radius 1 is 1.18 bits per heavy atom. The van der Waals surface area contributed by atoms with Gasteiger partial charge in [-0.15, -0.1) is 0 Å². The Kier molecular flexibility index (Phi) is 8.07. The number of nitrogens with zero attached hydrogens (tertiary/aromatic N) is 1. The summed E-state index contributed by atoms with van der Waals surface area (Å²) in [6.45, 7) is 4.80. The molecule has 7 nitrogen and oxygen atoms in total. The summed E-state index contributed by atoms with van der Waals surface area (Å²) >= 11 is 0. The number of sulfone groups is 1. The van der Waals surface area contributed by atoms with Gasteiger partial charge in [-0.2, -0.15) is 0 Å². The lowest BCUT2D eigenvalue weighted by Gasteiger charge is -2.19. The number of benzene rings is 1. The molecular weight excluding hydrogens is 378 g/mol. The van der Waals surface area contributed by atoms with E-state index in [1.54, 1.807) is 19.1 Å². The third-order valence-electron chi connectivity index (χ3n) is 4.10. The average molecular weight is 408 g/mol. The number of furan rings is 1. The van der Waals surface area contributed by atoms with Crippen molar-refractivity contribution < 1.29 is 17.9 Å². The van der Waals surface area contributed by atoms with Crippen molar-refractivity contribution in [3.05, 3.63) is 60.1 Å².